The van der Waals surface area contributed by atoms with Gasteiger partial charge in [0, 0.05) is 0 Å². The molecule has 0 heterocycles. The number of hydrogen-bond donors (Lipinski definition) is 1. The van der Waals surface area contributed by atoms with Crippen molar-refractivity contribution in [3.05, 3.63) is 48.6 Å². The second-order valence-corrected chi connectivity index (χ2v) is 21.7. The summed E-state index contributed by atoms with van der Waals surface area (Å²) >= 11 is -2.54. The number of hydrogen-bond acceptors (Lipinski definition) is 3. The van der Waals surface area contributed by atoms with Crippen molar-refractivity contribution in [3.63, 3.8) is 0 Å². The molecule has 0 unspecified atom stereocenters. The summed E-state index contributed by atoms with van der Waals surface area (Å²) in [5.74, 6) is -0.839. The first-order valence-corrected chi connectivity index (χ1v) is 17.5. The van der Waals surface area contributed by atoms with Crippen LogP contribution in [0.2, 0.25) is 14.8 Å². The van der Waals surface area contributed by atoms with E-state index in [0.717, 1.165) is 5.56 Å². The van der Waals surface area contributed by atoms with Gasteiger partial charge >= 0.3 is 132 Å². The zero-order valence-electron chi connectivity index (χ0n) is 13.4. The molecule has 0 aromatic heterocycles. The van der Waals surface area contributed by atoms with Gasteiger partial charge in [-0.15, -0.1) is 0 Å². The van der Waals surface area contributed by atoms with Gasteiger partial charge in [-0.25, -0.2) is 0 Å². The predicted molar refractivity (Wildman–Crippen MR) is 88.9 cm³/mol. The molecule has 0 aliphatic carbocycles. The molecule has 0 fully saturated rings. The number of rotatable bonds is 7. The number of carbonyl (C=O) groups excluding carboxylic acids is 1. The summed E-state index contributed by atoms with van der Waals surface area (Å²) in [4.78, 5) is 19.2. The van der Waals surface area contributed by atoms with E-state index in [0.29, 0.717) is 0 Å². The van der Waals surface area contributed by atoms with Crippen molar-refractivity contribution in [1.82, 2.24) is 0 Å². The SMILES string of the molecule is C=CCOC(=O)[C@@H]([C@@H](c1ccccc1)[Sn]([CH3])([CH3])[CH3])[C@@H](C)O. The Morgan fingerprint density at radius 3 is 2.33 bits per heavy atom. The normalized spacial score (nSPS) is 15.9. The Bertz CT molecular complexity index is 463. The fourth-order valence-electron chi connectivity index (χ4n) is 2.76. The van der Waals surface area contributed by atoms with Crippen molar-refractivity contribution < 1.29 is 14.6 Å². The van der Waals surface area contributed by atoms with E-state index < -0.39 is 30.4 Å². The van der Waals surface area contributed by atoms with Gasteiger partial charge in [0.25, 0.3) is 0 Å². The Morgan fingerprint density at radius 1 is 1.33 bits per heavy atom. The van der Waals surface area contributed by atoms with E-state index in [-0.39, 0.29) is 16.5 Å². The van der Waals surface area contributed by atoms with Gasteiger partial charge in [0.2, 0.25) is 0 Å². The summed E-state index contributed by atoms with van der Waals surface area (Å²) < 4.78 is 5.31. The standard InChI is InChI=1S/C14H17O3.3CH3.Sn/c1-3-9-17-14(16)13(11(2)15)10-12-7-5-4-6-8-12;;;;/h3-8,10-11,13,15H,1,9H2,2H3;3*1H3;/t11-,13+;;;;/m1..../s1. The topological polar surface area (TPSA) is 46.5 Å². The van der Waals surface area contributed by atoms with Gasteiger partial charge in [0.15, 0.2) is 0 Å². The number of esters is 1. The Morgan fingerprint density at radius 2 is 1.90 bits per heavy atom. The van der Waals surface area contributed by atoms with Crippen LogP contribution < -0.4 is 0 Å². The minimum absolute atomic E-state index is 0.0813. The van der Waals surface area contributed by atoms with Gasteiger partial charge in [-0.1, -0.05) is 0 Å². The van der Waals surface area contributed by atoms with Gasteiger partial charge in [0.1, 0.15) is 0 Å². The molecule has 1 rings (SSSR count). The van der Waals surface area contributed by atoms with Crippen molar-refractivity contribution in [2.24, 2.45) is 5.92 Å². The molecule has 116 valence electrons. The molecule has 0 aliphatic rings. The van der Waals surface area contributed by atoms with Gasteiger partial charge in [-0.05, 0) is 0 Å². The molecule has 1 aromatic carbocycles. The van der Waals surface area contributed by atoms with Gasteiger partial charge in [-0.3, -0.25) is 0 Å². The third-order valence-electron chi connectivity index (χ3n) is 3.59. The van der Waals surface area contributed by atoms with E-state index in [1.165, 1.54) is 0 Å². The fraction of sp³-hybridized carbons (Fsp3) is 0.471. The van der Waals surface area contributed by atoms with Crippen LogP contribution in [0, 0.1) is 5.92 Å². The first kappa shape index (κ1) is 18.2. The molecule has 3 atom stereocenters. The van der Waals surface area contributed by atoms with Crippen LogP contribution in [0.15, 0.2) is 43.0 Å². The average molecular weight is 397 g/mol. The van der Waals surface area contributed by atoms with Crippen LogP contribution in [-0.2, 0) is 9.53 Å². The summed E-state index contributed by atoms with van der Waals surface area (Å²) in [6.45, 7) is 5.42. The molecule has 1 aromatic rings. The van der Waals surface area contributed by atoms with Crippen molar-refractivity contribution in [1.29, 1.82) is 0 Å². The molecule has 0 aliphatic heterocycles. The Balaban J connectivity index is 3.20. The molecule has 3 nitrogen and oxygen atoms in total. The first-order valence-electron chi connectivity index (χ1n) is 7.29. The van der Waals surface area contributed by atoms with Crippen molar-refractivity contribution >= 4 is 24.3 Å². The Kier molecular flexibility index (Phi) is 6.94. The maximum absolute atomic E-state index is 12.4. The molecule has 0 bridgehead atoms. The molecule has 0 saturated heterocycles. The summed E-state index contributed by atoms with van der Waals surface area (Å²) in [7, 11) is 0. The van der Waals surface area contributed by atoms with Crippen molar-refractivity contribution in [3.8, 4) is 0 Å². The molecule has 0 amide bonds. The van der Waals surface area contributed by atoms with Crippen LogP contribution in [0.4, 0.5) is 0 Å². The maximum atomic E-state index is 12.4. The first-order chi connectivity index (χ1) is 9.79. The second kappa shape index (κ2) is 7.99. The van der Waals surface area contributed by atoms with Crippen LogP contribution in [-0.4, -0.2) is 42.2 Å². The van der Waals surface area contributed by atoms with Crippen LogP contribution >= 0.6 is 0 Å². The van der Waals surface area contributed by atoms with E-state index in [9.17, 15) is 9.90 Å². The van der Waals surface area contributed by atoms with Crippen molar-refractivity contribution in [2.75, 3.05) is 6.61 Å². The number of benzene rings is 1. The van der Waals surface area contributed by atoms with Crippen LogP contribution in [0.3, 0.4) is 0 Å². The third-order valence-corrected chi connectivity index (χ3v) is 10.9. The van der Waals surface area contributed by atoms with Gasteiger partial charge < -0.3 is 0 Å². The second-order valence-electron chi connectivity index (χ2n) is 6.44. The van der Waals surface area contributed by atoms with Crippen molar-refractivity contribution in [2.45, 2.75) is 31.8 Å². The molecule has 1 N–H and O–H groups in total. The van der Waals surface area contributed by atoms with E-state index in [2.05, 4.69) is 21.4 Å². The Hall–Kier alpha value is -0.811. The molecule has 0 saturated carbocycles. The predicted octanol–water partition coefficient (Wildman–Crippen LogP) is 3.37. The van der Waals surface area contributed by atoms with Crippen LogP contribution in [0.1, 0.15) is 16.4 Å². The van der Waals surface area contributed by atoms with Gasteiger partial charge in [-0.2, -0.15) is 0 Å². The van der Waals surface area contributed by atoms with Crippen LogP contribution in [0.5, 0.6) is 0 Å². The van der Waals surface area contributed by atoms with E-state index in [1.807, 2.05) is 30.3 Å². The molecular weight excluding hydrogens is 371 g/mol. The third kappa shape index (κ3) is 5.15. The fourth-order valence-corrected chi connectivity index (χ4v) is 10.4. The molecule has 21 heavy (non-hydrogen) atoms. The van der Waals surface area contributed by atoms with E-state index >= 15 is 0 Å². The number of aliphatic hydroxyl groups excluding tert-OH is 1. The summed E-state index contributed by atoms with van der Waals surface area (Å²) in [6, 6.07) is 10.0. The number of aliphatic hydroxyl groups is 1. The average Bonchev–Trinajstić information content (AvgIpc) is 2.41. The minimum atomic E-state index is -2.54. The van der Waals surface area contributed by atoms with E-state index in [1.54, 1.807) is 13.0 Å². The Labute approximate surface area is 131 Å². The molecular formula is C17H26O3Sn. The van der Waals surface area contributed by atoms with Gasteiger partial charge in [0.05, 0.1) is 0 Å². The van der Waals surface area contributed by atoms with E-state index in [4.69, 9.17) is 4.74 Å². The summed E-state index contributed by atoms with van der Waals surface area (Å²) in [5, 5.41) is 10.2. The number of ether oxygens (including phenoxy) is 1. The monoisotopic (exact) mass is 398 g/mol. The zero-order valence-corrected chi connectivity index (χ0v) is 16.2. The molecule has 0 spiro atoms. The quantitative estimate of drug-likeness (QED) is 0.436. The molecule has 0 radical (unpaired) electrons. The van der Waals surface area contributed by atoms with Crippen LogP contribution in [0.25, 0.3) is 0 Å². The number of carbonyl (C=O) groups is 1. The molecule has 4 heteroatoms. The zero-order chi connectivity index (χ0) is 16.0. The summed E-state index contributed by atoms with van der Waals surface area (Å²) in [6.07, 6.45) is 0.818. The summed E-state index contributed by atoms with van der Waals surface area (Å²) in [5.41, 5.74) is 1.13.